The molecule has 0 N–H and O–H groups in total. The van der Waals surface area contributed by atoms with Gasteiger partial charge in [0.25, 0.3) is 0 Å². The largest absolute Gasteiger partial charge is 0.496 e. The van der Waals surface area contributed by atoms with E-state index >= 15 is 0 Å². The van der Waals surface area contributed by atoms with Crippen LogP contribution in [0, 0.1) is 5.92 Å². The summed E-state index contributed by atoms with van der Waals surface area (Å²) in [6.07, 6.45) is 1.15. The molecule has 1 atom stereocenters. The van der Waals surface area contributed by atoms with E-state index in [4.69, 9.17) is 4.74 Å². The molecule has 2 aromatic rings. The summed E-state index contributed by atoms with van der Waals surface area (Å²) in [5.41, 5.74) is 0.444. The number of piperidine rings is 1. The number of methoxy groups -OCH3 is 2. The van der Waals surface area contributed by atoms with E-state index in [-0.39, 0.29) is 22.1 Å². The fraction of sp³-hybridized carbons (Fsp3) is 0.368. The lowest BCUT2D eigenvalue weighted by molar-refractivity contribution is 0.0601. The van der Waals surface area contributed by atoms with Crippen molar-refractivity contribution in [3.63, 3.8) is 0 Å². The molecule has 7 nitrogen and oxygen atoms in total. The number of Topliss-reactive ketones (excluding diaryl/α,β-unsaturated/α-hetero) is 1. The lowest BCUT2D eigenvalue weighted by Crippen LogP contribution is -2.42. The Morgan fingerprint density at radius 2 is 1.93 bits per heavy atom. The molecule has 0 radical (unpaired) electrons. The Kier molecular flexibility index (Phi) is 6.17. The molecule has 0 amide bonds. The van der Waals surface area contributed by atoms with Crippen LogP contribution in [0.2, 0.25) is 0 Å². The van der Waals surface area contributed by atoms with Crippen LogP contribution in [-0.2, 0) is 14.8 Å². The van der Waals surface area contributed by atoms with Gasteiger partial charge in [-0.15, -0.1) is 11.3 Å². The third kappa shape index (κ3) is 3.82. The number of hydrogen-bond acceptors (Lipinski definition) is 7. The molecule has 0 aliphatic carbocycles. The fourth-order valence-electron chi connectivity index (χ4n) is 3.32. The summed E-state index contributed by atoms with van der Waals surface area (Å²) in [7, 11) is -1.21. The highest BCUT2D eigenvalue weighted by molar-refractivity contribution is 7.89. The molecule has 1 aromatic carbocycles. The molecular formula is C19H21NO6S2. The number of nitrogens with zero attached hydrogens (tertiary/aromatic N) is 1. The molecule has 150 valence electrons. The normalized spacial score (nSPS) is 17.9. The van der Waals surface area contributed by atoms with Crippen molar-refractivity contribution in [1.82, 2.24) is 4.31 Å². The molecule has 1 saturated heterocycles. The van der Waals surface area contributed by atoms with Gasteiger partial charge in [-0.2, -0.15) is 4.31 Å². The average Bonchev–Trinajstić information content (AvgIpc) is 3.23. The number of rotatable bonds is 6. The number of carbonyl (C=O) groups is 2. The summed E-state index contributed by atoms with van der Waals surface area (Å²) in [6, 6.07) is 8.32. The molecule has 0 bridgehead atoms. The Balaban J connectivity index is 1.86. The van der Waals surface area contributed by atoms with E-state index in [2.05, 4.69) is 4.74 Å². The number of para-hydroxylation sites is 1. The highest BCUT2D eigenvalue weighted by Crippen LogP contribution is 2.31. The van der Waals surface area contributed by atoms with Gasteiger partial charge in [0, 0.05) is 19.0 Å². The molecule has 0 spiro atoms. The molecule has 28 heavy (non-hydrogen) atoms. The van der Waals surface area contributed by atoms with E-state index in [1.807, 2.05) is 0 Å². The number of benzene rings is 1. The molecular weight excluding hydrogens is 402 g/mol. The Hall–Kier alpha value is -2.23. The van der Waals surface area contributed by atoms with Gasteiger partial charge in [0.1, 0.15) is 15.5 Å². The SMILES string of the molecule is COC(=O)c1sccc1S(=O)(=O)N1CCC[C@@H](C(=O)c2ccccc2OC)C1. The van der Waals surface area contributed by atoms with Gasteiger partial charge in [-0.05, 0) is 36.4 Å². The van der Waals surface area contributed by atoms with Crippen LogP contribution < -0.4 is 4.74 Å². The molecule has 0 saturated carbocycles. The Morgan fingerprint density at radius 3 is 2.64 bits per heavy atom. The van der Waals surface area contributed by atoms with Crippen LogP contribution in [0.1, 0.15) is 32.9 Å². The number of sulfonamides is 1. The minimum atomic E-state index is -3.91. The maximum absolute atomic E-state index is 13.1. The number of esters is 1. The molecule has 1 aliphatic rings. The maximum atomic E-state index is 13.1. The number of ketones is 1. The second-order valence-corrected chi connectivity index (χ2v) is 9.19. The van der Waals surface area contributed by atoms with Crippen molar-refractivity contribution in [1.29, 1.82) is 0 Å². The van der Waals surface area contributed by atoms with Gasteiger partial charge in [-0.1, -0.05) is 12.1 Å². The number of thiophene rings is 1. The van der Waals surface area contributed by atoms with Gasteiger partial charge in [0.2, 0.25) is 10.0 Å². The van der Waals surface area contributed by atoms with E-state index in [0.717, 1.165) is 11.3 Å². The standard InChI is InChI=1S/C19H21NO6S2/c1-25-15-8-4-3-7-14(15)17(21)13-6-5-10-20(12-13)28(23,24)16-9-11-27-18(16)19(22)26-2/h3-4,7-9,11,13H,5-6,10,12H2,1-2H3/t13-/m1/s1. The topological polar surface area (TPSA) is 90.0 Å². The van der Waals surface area contributed by atoms with Crippen LogP contribution in [0.4, 0.5) is 0 Å². The summed E-state index contributed by atoms with van der Waals surface area (Å²) < 4.78 is 37.4. The molecule has 9 heteroatoms. The molecule has 1 aromatic heterocycles. The van der Waals surface area contributed by atoms with Crippen LogP contribution >= 0.6 is 11.3 Å². The highest BCUT2D eigenvalue weighted by atomic mass is 32.2. The summed E-state index contributed by atoms with van der Waals surface area (Å²) in [4.78, 5) is 24.8. The second-order valence-electron chi connectivity index (χ2n) is 6.37. The van der Waals surface area contributed by atoms with Gasteiger partial charge >= 0.3 is 5.97 Å². The first-order valence-corrected chi connectivity index (χ1v) is 11.0. The third-order valence-electron chi connectivity index (χ3n) is 4.75. The smallest absolute Gasteiger partial charge is 0.349 e. The lowest BCUT2D eigenvalue weighted by atomic mass is 9.90. The quantitative estimate of drug-likeness (QED) is 0.524. The highest BCUT2D eigenvalue weighted by Gasteiger charge is 2.36. The minimum Gasteiger partial charge on any atom is -0.496 e. The summed E-state index contributed by atoms with van der Waals surface area (Å²) in [5.74, 6) is -0.832. The van der Waals surface area contributed by atoms with E-state index in [0.29, 0.717) is 30.7 Å². The van der Waals surface area contributed by atoms with Crippen LogP contribution in [-0.4, -0.2) is 51.8 Å². The Bertz CT molecular complexity index is 982. The zero-order chi connectivity index (χ0) is 20.3. The monoisotopic (exact) mass is 423 g/mol. The van der Waals surface area contributed by atoms with E-state index in [9.17, 15) is 18.0 Å². The van der Waals surface area contributed by atoms with Crippen LogP contribution in [0.5, 0.6) is 5.75 Å². The molecule has 1 fully saturated rings. The Morgan fingerprint density at radius 1 is 1.18 bits per heavy atom. The van der Waals surface area contributed by atoms with Crippen molar-refractivity contribution in [2.75, 3.05) is 27.3 Å². The van der Waals surface area contributed by atoms with Crippen LogP contribution in [0.15, 0.2) is 40.6 Å². The first-order valence-electron chi connectivity index (χ1n) is 8.73. The lowest BCUT2D eigenvalue weighted by Gasteiger charge is -2.31. The average molecular weight is 424 g/mol. The molecule has 2 heterocycles. The predicted molar refractivity (Wildman–Crippen MR) is 104 cm³/mol. The van der Waals surface area contributed by atoms with Gasteiger partial charge in [-0.25, -0.2) is 13.2 Å². The van der Waals surface area contributed by atoms with Gasteiger partial charge in [-0.3, -0.25) is 4.79 Å². The fourth-order valence-corrected chi connectivity index (χ4v) is 6.16. The first kappa shape index (κ1) is 20.5. The second kappa shape index (κ2) is 8.42. The van der Waals surface area contributed by atoms with E-state index in [1.54, 1.807) is 29.6 Å². The van der Waals surface area contributed by atoms with Gasteiger partial charge < -0.3 is 9.47 Å². The van der Waals surface area contributed by atoms with Crippen molar-refractivity contribution in [2.45, 2.75) is 17.7 Å². The molecule has 3 rings (SSSR count). The number of ether oxygens (including phenoxy) is 2. The van der Waals surface area contributed by atoms with Crippen molar-refractivity contribution in [2.24, 2.45) is 5.92 Å². The first-order chi connectivity index (χ1) is 13.4. The minimum absolute atomic E-state index is 0.0423. The third-order valence-corrected chi connectivity index (χ3v) is 7.68. The Labute approximate surface area is 167 Å². The van der Waals surface area contributed by atoms with Gasteiger partial charge in [0.15, 0.2) is 5.78 Å². The van der Waals surface area contributed by atoms with E-state index < -0.39 is 21.9 Å². The van der Waals surface area contributed by atoms with E-state index in [1.165, 1.54) is 24.6 Å². The zero-order valence-electron chi connectivity index (χ0n) is 15.6. The van der Waals surface area contributed by atoms with Crippen LogP contribution in [0.25, 0.3) is 0 Å². The predicted octanol–water partition coefficient (Wildman–Crippen LogP) is 2.83. The van der Waals surface area contributed by atoms with Crippen LogP contribution in [0.3, 0.4) is 0 Å². The molecule has 0 unspecified atom stereocenters. The number of carbonyl (C=O) groups excluding carboxylic acids is 2. The summed E-state index contributed by atoms with van der Waals surface area (Å²) in [5, 5.41) is 1.54. The maximum Gasteiger partial charge on any atom is 0.349 e. The zero-order valence-corrected chi connectivity index (χ0v) is 17.2. The van der Waals surface area contributed by atoms with Crippen molar-refractivity contribution >= 4 is 33.1 Å². The van der Waals surface area contributed by atoms with Crippen molar-refractivity contribution < 1.29 is 27.5 Å². The molecule has 1 aliphatic heterocycles. The van der Waals surface area contributed by atoms with Crippen molar-refractivity contribution in [3.8, 4) is 5.75 Å². The number of hydrogen-bond donors (Lipinski definition) is 0. The summed E-state index contributed by atoms with van der Waals surface area (Å²) in [6.45, 7) is 0.365. The van der Waals surface area contributed by atoms with Crippen molar-refractivity contribution in [3.05, 3.63) is 46.2 Å². The summed E-state index contributed by atoms with van der Waals surface area (Å²) >= 11 is 1.02. The van der Waals surface area contributed by atoms with Gasteiger partial charge in [0.05, 0.1) is 19.8 Å².